The van der Waals surface area contributed by atoms with Crippen molar-refractivity contribution in [3.8, 4) is 45.6 Å². The molecule has 144 heavy (non-hydrogen) atoms. The number of aromatic nitrogens is 8. The van der Waals surface area contributed by atoms with Gasteiger partial charge in [0.05, 0.1) is 181 Å². The highest BCUT2D eigenvalue weighted by molar-refractivity contribution is 6.27. The third-order valence-electron chi connectivity index (χ3n) is 22.4. The maximum Gasteiger partial charge on any atom is 0.338 e. The van der Waals surface area contributed by atoms with Gasteiger partial charge in [0.25, 0.3) is 0 Å². The highest BCUT2D eigenvalue weighted by atomic mass is 19.2. The van der Waals surface area contributed by atoms with Crippen molar-refractivity contribution in [2.24, 2.45) is 0 Å². The largest absolute Gasteiger partial charge is 0.462 e. The third-order valence-corrected chi connectivity index (χ3v) is 22.4. The van der Waals surface area contributed by atoms with Crippen LogP contribution in [0, 0.1) is 46.5 Å². The van der Waals surface area contributed by atoms with Crippen LogP contribution >= 0.6 is 0 Å². The molecule has 17 rings (SSSR count). The fourth-order valence-corrected chi connectivity index (χ4v) is 15.9. The molecule has 8 bridgehead atoms. The number of anilines is 15. The summed E-state index contributed by atoms with van der Waals surface area (Å²) in [6.07, 6.45) is 0. The second-order valence-electron chi connectivity index (χ2n) is 31.5. The predicted octanol–water partition coefficient (Wildman–Crippen LogP) is 22.9. The fraction of sp³-hybridized carbons (Fsp3) is 0.154. The van der Waals surface area contributed by atoms with E-state index in [0.717, 1.165) is 4.68 Å². The maximum absolute atomic E-state index is 18.2. The number of aromatic amines is 1. The first-order valence-electron chi connectivity index (χ1n) is 45.0. The molecule has 0 radical (unpaired) electrons. The summed E-state index contributed by atoms with van der Waals surface area (Å²) in [6.45, 7) is 12.6. The Morgan fingerprint density at radius 1 is 0.250 bits per heavy atom. The van der Waals surface area contributed by atoms with E-state index >= 15 is 35.1 Å². The molecule has 0 saturated heterocycles. The third kappa shape index (κ3) is 19.4. The quantitative estimate of drug-likeness (QED) is 0.00621. The summed E-state index contributed by atoms with van der Waals surface area (Å²) >= 11 is 0. The summed E-state index contributed by atoms with van der Waals surface area (Å²) in [5.74, 6) is -28.0. The van der Waals surface area contributed by atoms with Crippen LogP contribution in [0.15, 0.2) is 200 Å². The van der Waals surface area contributed by atoms with Crippen molar-refractivity contribution in [1.82, 2.24) is 39.6 Å². The molecule has 0 aliphatic carbocycles. The lowest BCUT2D eigenvalue weighted by atomic mass is 10.0. The van der Waals surface area contributed by atoms with Crippen molar-refractivity contribution in [2.75, 3.05) is 95.5 Å². The van der Waals surface area contributed by atoms with Gasteiger partial charge in [-0.15, -0.1) is 0 Å². The van der Waals surface area contributed by atoms with Gasteiger partial charge in [0.1, 0.15) is 11.3 Å². The second kappa shape index (κ2) is 41.7. The minimum absolute atomic E-state index is 0.000667. The van der Waals surface area contributed by atoms with Crippen LogP contribution in [0.2, 0.25) is 0 Å². The summed E-state index contributed by atoms with van der Waals surface area (Å²) in [5.41, 5.74) is -2.26. The van der Waals surface area contributed by atoms with Crippen molar-refractivity contribution in [1.29, 1.82) is 0 Å². The van der Waals surface area contributed by atoms with E-state index in [0.29, 0.717) is 0 Å². The number of hydrogen-bond donors (Lipinski definition) is 9. The van der Waals surface area contributed by atoms with Crippen molar-refractivity contribution in [2.45, 2.75) is 55.4 Å². The minimum atomic E-state index is -2.48. The first-order valence-corrected chi connectivity index (χ1v) is 45.0. The topological polar surface area (TPSA) is 405 Å². The molecular formula is C104H82F8N16O16. The van der Waals surface area contributed by atoms with E-state index < -0.39 is 162 Å². The molecule has 9 N–H and O–H groups in total. The van der Waals surface area contributed by atoms with Crippen LogP contribution in [-0.2, 0) is 37.9 Å². The van der Waals surface area contributed by atoms with E-state index in [1.807, 2.05) is 0 Å². The van der Waals surface area contributed by atoms with Gasteiger partial charge in [-0.05, 0) is 256 Å². The van der Waals surface area contributed by atoms with Gasteiger partial charge in [0.2, 0.25) is 0 Å². The standard InChI is InChI=1S/C104H82F8N16O16/c1-9-137-97(129)50-17-33-58(34-18-50)113-67-49-66-68(84(115-60-37-21-52(22-38-60)99(131)139-11-3)83(67)114-59-35-19-51(20-36-59)98(130)138-10-2)90-120-89(66)121-91-69-70(76(106)80(110)79(109)75(69)105)92(122-91)123-93-71-72(78(108)82(112)81(111)77(71)107)94(124-93)126-96-74-73(95(125-90)128(96)127-65-47-31-57(32-48-65)104(136)144-16-8)85(116-61-39-23-53(24-40-61)100(132)140-12-4)87(118-63-43-27-55(28-44-63)102(134)142-14-6)88(119-64-45-29-56(30-46-64)103(135)143-15-7)86(74)117-62-41-25-54(26-42-62)101(133)141-13-5/h17-49,113-119,127H,9-16H2,1-8H3,(H,120,121,122,123,124,125,126). The Morgan fingerprint density at radius 2 is 0.486 bits per heavy atom. The number of fused-ring (bicyclic) bond motifs is 20. The SMILES string of the molecule is CCOC(=O)c1ccc(Nc2cc3c(c(Nc4ccc(C(=O)OCC)cc4)c2Nc2ccc(C(=O)OCC)cc2)-c2nc-3nc3[nH]c(nc4nc(nc5c6c(Nc7ccc(C(=O)OCC)cc7)c(Nc7ccc(C(=O)OCC)cc7)c(Nc7ccc(C(=O)OCC)cc7)c(Nc7ccc(C(=O)OCC)cc7)c6c(n2)n5Nc2ccc(C(=O)OCC)cc2)-c2c(F)c(F)c(F)c(F)c2-4)c2c(F)c(F)c(F)c(F)c32)cc1. The van der Waals surface area contributed by atoms with E-state index in [1.165, 1.54) is 200 Å². The average Bonchev–Trinajstić information content (AvgIpc) is 1.54. The highest BCUT2D eigenvalue weighted by Gasteiger charge is 2.39. The van der Waals surface area contributed by atoms with Crippen molar-refractivity contribution < 1.29 is 111 Å². The lowest BCUT2D eigenvalue weighted by Gasteiger charge is -2.25. The molecular weight excluding hydrogens is 1880 g/mol. The van der Waals surface area contributed by atoms with Gasteiger partial charge < -0.3 is 80.1 Å². The van der Waals surface area contributed by atoms with Crippen LogP contribution in [-0.4, -0.2) is 140 Å². The number of rotatable bonds is 32. The smallest absolute Gasteiger partial charge is 0.338 e. The molecule has 0 fully saturated rings. The summed E-state index contributed by atoms with van der Waals surface area (Å²) in [6, 6.07) is 48.0. The summed E-state index contributed by atoms with van der Waals surface area (Å²) < 4.78 is 182. The molecule has 15 aromatic rings. The van der Waals surface area contributed by atoms with E-state index in [1.54, 1.807) is 55.4 Å². The van der Waals surface area contributed by atoms with Crippen LogP contribution in [0.5, 0.6) is 0 Å². The number of halogens is 8. The van der Waals surface area contributed by atoms with E-state index in [2.05, 4.69) is 57.6 Å². The van der Waals surface area contributed by atoms with Crippen LogP contribution in [0.4, 0.5) is 120 Å². The van der Waals surface area contributed by atoms with Gasteiger partial charge in [-0.25, -0.2) is 108 Å². The number of benzene rings is 12. The number of ether oxygens (including phenoxy) is 8. The van der Waals surface area contributed by atoms with E-state index in [4.69, 9.17) is 57.8 Å². The Kier molecular flexibility index (Phi) is 28.2. The van der Waals surface area contributed by atoms with Gasteiger partial charge in [-0.1, -0.05) is 0 Å². The molecule has 0 spiro atoms. The van der Waals surface area contributed by atoms with Gasteiger partial charge >= 0.3 is 47.8 Å². The van der Waals surface area contributed by atoms with E-state index in [9.17, 15) is 38.4 Å². The van der Waals surface area contributed by atoms with Crippen LogP contribution in [0.3, 0.4) is 0 Å². The zero-order valence-corrected chi connectivity index (χ0v) is 77.4. The molecule has 0 amide bonds. The van der Waals surface area contributed by atoms with Gasteiger partial charge in [-0.2, -0.15) is 0 Å². The molecule has 0 unspecified atom stereocenters. The Morgan fingerprint density at radius 3 is 0.785 bits per heavy atom. The van der Waals surface area contributed by atoms with Crippen molar-refractivity contribution >= 4 is 177 Å². The number of H-pyrrole nitrogens is 1. The number of esters is 8. The van der Waals surface area contributed by atoms with Gasteiger partial charge in [0.15, 0.2) is 81.1 Å². The molecule has 2 aliphatic heterocycles. The average molecular weight is 1960 g/mol. The van der Waals surface area contributed by atoms with Crippen molar-refractivity contribution in [3.63, 3.8) is 0 Å². The normalized spacial score (nSPS) is 11.2. The number of nitrogens with zero attached hydrogens (tertiary/aromatic N) is 7. The fourth-order valence-electron chi connectivity index (χ4n) is 15.9. The van der Waals surface area contributed by atoms with Crippen LogP contribution < -0.4 is 42.6 Å². The predicted molar refractivity (Wildman–Crippen MR) is 521 cm³/mol. The van der Waals surface area contributed by atoms with Gasteiger partial charge in [0, 0.05) is 45.4 Å². The number of carbonyl (C=O) groups is 8. The summed E-state index contributed by atoms with van der Waals surface area (Å²) in [7, 11) is 0. The molecule has 730 valence electrons. The molecule has 5 heterocycles. The minimum Gasteiger partial charge on any atom is -0.462 e. The zero-order chi connectivity index (χ0) is 102. The van der Waals surface area contributed by atoms with Crippen LogP contribution in [0.25, 0.3) is 89.7 Å². The highest BCUT2D eigenvalue weighted by Crippen LogP contribution is 2.56. The Balaban J connectivity index is 1.15. The molecule has 32 nitrogen and oxygen atoms in total. The molecule has 2 aliphatic rings. The molecule has 0 atom stereocenters. The van der Waals surface area contributed by atoms with Gasteiger partial charge in [-0.3, -0.25) is 5.43 Å². The molecule has 3 aromatic heterocycles. The number of hydrogen-bond acceptors (Lipinski definition) is 30. The van der Waals surface area contributed by atoms with E-state index in [-0.39, 0.29) is 205 Å². The molecule has 40 heteroatoms. The zero-order valence-electron chi connectivity index (χ0n) is 77.4. The first kappa shape index (κ1) is 97.3. The first-order chi connectivity index (χ1) is 69.6. The lowest BCUT2D eigenvalue weighted by Crippen LogP contribution is -2.11. The molecule has 12 aromatic carbocycles. The monoisotopic (exact) mass is 1960 g/mol. The summed E-state index contributed by atoms with van der Waals surface area (Å²) in [5, 5.41) is 21.4. The van der Waals surface area contributed by atoms with Crippen molar-refractivity contribution in [3.05, 3.63) is 291 Å². The molecule has 0 saturated carbocycles. The Labute approximate surface area is 811 Å². The lowest BCUT2D eigenvalue weighted by molar-refractivity contribution is 0.0517. The maximum atomic E-state index is 18.2. The summed E-state index contributed by atoms with van der Waals surface area (Å²) in [4.78, 5) is 142. The number of carbonyl (C=O) groups excluding carboxylic acids is 8. The Bertz CT molecular complexity index is 7870. The number of nitrogens with one attached hydrogen (secondary N) is 9. The Hall–Kier alpha value is -18.4. The second-order valence-corrected chi connectivity index (χ2v) is 31.5. The van der Waals surface area contributed by atoms with Crippen LogP contribution in [0.1, 0.15) is 138 Å².